The normalized spacial score (nSPS) is 17.5. The molecule has 134 valence electrons. The Morgan fingerprint density at radius 3 is 2.79 bits per heavy atom. The van der Waals surface area contributed by atoms with Crippen LogP contribution in [0.1, 0.15) is 39.5 Å². The number of benzene rings is 1. The van der Waals surface area contributed by atoms with Crippen LogP contribution in [-0.4, -0.2) is 42.6 Å². The Bertz CT molecular complexity index is 548. The van der Waals surface area contributed by atoms with Crippen molar-refractivity contribution in [3.63, 3.8) is 0 Å². The average molecular weight is 401 g/mol. The molecule has 1 aliphatic rings. The summed E-state index contributed by atoms with van der Waals surface area (Å²) < 4.78 is 19.9. The van der Waals surface area contributed by atoms with Gasteiger partial charge in [-0.2, -0.15) is 0 Å². The molecular weight excluding hydrogens is 375 g/mol. The maximum Gasteiger partial charge on any atom is 0.260 e. The molecule has 0 spiro atoms. The second-order valence-electron chi connectivity index (χ2n) is 6.31. The van der Waals surface area contributed by atoms with E-state index in [4.69, 9.17) is 4.74 Å². The number of hydrogen-bond donors (Lipinski definition) is 1. The van der Waals surface area contributed by atoms with Crippen molar-refractivity contribution in [2.75, 3.05) is 19.6 Å². The van der Waals surface area contributed by atoms with Crippen LogP contribution in [0.25, 0.3) is 0 Å². The van der Waals surface area contributed by atoms with Gasteiger partial charge in [0.05, 0.1) is 0 Å². The number of nitrogens with one attached hydrogen (secondary N) is 1. The zero-order chi connectivity index (χ0) is 17.5. The number of rotatable bonds is 7. The van der Waals surface area contributed by atoms with E-state index in [1.807, 2.05) is 0 Å². The highest BCUT2D eigenvalue weighted by Gasteiger charge is 2.23. The summed E-state index contributed by atoms with van der Waals surface area (Å²) in [6, 6.07) is 4.72. The van der Waals surface area contributed by atoms with E-state index in [1.54, 1.807) is 13.0 Å². The van der Waals surface area contributed by atoms with Crippen molar-refractivity contribution in [3.05, 3.63) is 28.5 Å². The maximum absolute atomic E-state index is 13.8. The molecule has 6 heteroatoms. The zero-order valence-electron chi connectivity index (χ0n) is 14.4. The zero-order valence-corrected chi connectivity index (χ0v) is 15.9. The first kappa shape index (κ1) is 19.2. The van der Waals surface area contributed by atoms with Crippen LogP contribution >= 0.6 is 15.9 Å². The van der Waals surface area contributed by atoms with Crippen LogP contribution in [0.15, 0.2) is 22.7 Å². The minimum absolute atomic E-state index is 0.0928. The van der Waals surface area contributed by atoms with Gasteiger partial charge in [0, 0.05) is 23.6 Å². The molecule has 0 aromatic heterocycles. The summed E-state index contributed by atoms with van der Waals surface area (Å²) in [4.78, 5) is 14.7. The summed E-state index contributed by atoms with van der Waals surface area (Å²) in [7, 11) is 0. The lowest BCUT2D eigenvalue weighted by Crippen LogP contribution is -2.48. The number of carbonyl (C=O) groups excluding carboxylic acids is 1. The number of hydrogen-bond acceptors (Lipinski definition) is 3. The molecule has 1 atom stereocenters. The number of piperidine rings is 1. The van der Waals surface area contributed by atoms with Gasteiger partial charge in [0.2, 0.25) is 0 Å². The van der Waals surface area contributed by atoms with Gasteiger partial charge in [-0.1, -0.05) is 29.3 Å². The molecule has 24 heavy (non-hydrogen) atoms. The number of nitrogens with zero attached hydrogens (tertiary/aromatic N) is 1. The molecule has 0 radical (unpaired) electrons. The molecule has 0 saturated carbocycles. The monoisotopic (exact) mass is 400 g/mol. The van der Waals surface area contributed by atoms with Crippen LogP contribution in [0.2, 0.25) is 0 Å². The van der Waals surface area contributed by atoms with Crippen molar-refractivity contribution in [3.8, 4) is 5.75 Å². The van der Waals surface area contributed by atoms with Gasteiger partial charge in [0.1, 0.15) is 0 Å². The number of halogens is 2. The highest BCUT2D eigenvalue weighted by atomic mass is 79.9. The Kier molecular flexibility index (Phi) is 7.49. The number of carbonyl (C=O) groups is 1. The summed E-state index contributed by atoms with van der Waals surface area (Å²) >= 11 is 3.20. The molecule has 1 amide bonds. The highest BCUT2D eigenvalue weighted by Crippen LogP contribution is 2.22. The molecule has 1 aromatic rings. The lowest BCUT2D eigenvalue weighted by molar-refractivity contribution is -0.128. The SMILES string of the molecule is CCCCN1CCC(NC(=O)[C@@H](C)Oc2ccc(Br)cc2F)CC1. The second kappa shape index (κ2) is 9.37. The summed E-state index contributed by atoms with van der Waals surface area (Å²) in [5.74, 6) is -0.576. The third-order valence-corrected chi connectivity index (χ3v) is 4.82. The smallest absolute Gasteiger partial charge is 0.260 e. The fourth-order valence-corrected chi connectivity index (χ4v) is 3.15. The van der Waals surface area contributed by atoms with Gasteiger partial charge in [-0.25, -0.2) is 4.39 Å². The molecule has 0 bridgehead atoms. The topological polar surface area (TPSA) is 41.6 Å². The lowest BCUT2D eigenvalue weighted by atomic mass is 10.0. The molecule has 0 unspecified atom stereocenters. The van der Waals surface area contributed by atoms with E-state index in [0.29, 0.717) is 4.47 Å². The molecule has 1 N–H and O–H groups in total. The first-order chi connectivity index (χ1) is 11.5. The van der Waals surface area contributed by atoms with Crippen LogP contribution in [0, 0.1) is 5.82 Å². The third-order valence-electron chi connectivity index (χ3n) is 4.33. The minimum Gasteiger partial charge on any atom is -0.478 e. The number of amides is 1. The molecule has 1 saturated heterocycles. The first-order valence-electron chi connectivity index (χ1n) is 8.64. The summed E-state index contributed by atoms with van der Waals surface area (Å²) in [5.41, 5.74) is 0. The van der Waals surface area contributed by atoms with Gasteiger partial charge in [-0.05, 0) is 50.9 Å². The number of ether oxygens (including phenoxy) is 1. The summed E-state index contributed by atoms with van der Waals surface area (Å²) in [5, 5.41) is 3.02. The Balaban J connectivity index is 1.78. The molecule has 1 heterocycles. The minimum atomic E-state index is -0.723. The van der Waals surface area contributed by atoms with Crippen molar-refractivity contribution < 1.29 is 13.9 Å². The average Bonchev–Trinajstić information content (AvgIpc) is 2.56. The van der Waals surface area contributed by atoms with Crippen molar-refractivity contribution in [2.24, 2.45) is 0 Å². The Hall–Kier alpha value is -1.14. The first-order valence-corrected chi connectivity index (χ1v) is 9.43. The summed E-state index contributed by atoms with van der Waals surface area (Å²) in [6.07, 6.45) is 3.61. The second-order valence-corrected chi connectivity index (χ2v) is 7.23. The molecule has 1 aromatic carbocycles. The van der Waals surface area contributed by atoms with E-state index in [9.17, 15) is 9.18 Å². The van der Waals surface area contributed by atoms with Crippen molar-refractivity contribution in [1.82, 2.24) is 10.2 Å². The van der Waals surface area contributed by atoms with E-state index >= 15 is 0 Å². The fraction of sp³-hybridized carbons (Fsp3) is 0.611. The molecule has 2 rings (SSSR count). The van der Waals surface area contributed by atoms with Gasteiger partial charge >= 0.3 is 0 Å². The maximum atomic E-state index is 13.8. The Morgan fingerprint density at radius 2 is 2.17 bits per heavy atom. The van der Waals surface area contributed by atoms with E-state index in [1.165, 1.54) is 25.0 Å². The predicted molar refractivity (Wildman–Crippen MR) is 96.7 cm³/mol. The molecule has 1 fully saturated rings. The van der Waals surface area contributed by atoms with Crippen LogP contribution in [0.3, 0.4) is 0 Å². The Morgan fingerprint density at radius 1 is 1.46 bits per heavy atom. The van der Waals surface area contributed by atoms with Crippen LogP contribution in [0.4, 0.5) is 4.39 Å². The van der Waals surface area contributed by atoms with Crippen molar-refractivity contribution >= 4 is 21.8 Å². The van der Waals surface area contributed by atoms with E-state index in [0.717, 1.165) is 32.5 Å². The number of unbranched alkanes of at least 4 members (excludes halogenated alkanes) is 1. The van der Waals surface area contributed by atoms with E-state index < -0.39 is 11.9 Å². The van der Waals surface area contributed by atoms with Crippen LogP contribution < -0.4 is 10.1 Å². The van der Waals surface area contributed by atoms with Crippen LogP contribution in [-0.2, 0) is 4.79 Å². The Labute approximate surface area is 151 Å². The molecule has 0 aliphatic carbocycles. The quantitative estimate of drug-likeness (QED) is 0.757. The van der Waals surface area contributed by atoms with Crippen LogP contribution in [0.5, 0.6) is 5.75 Å². The molecular formula is C18H26BrFN2O2. The third kappa shape index (κ3) is 5.74. The van der Waals surface area contributed by atoms with Gasteiger partial charge in [-0.15, -0.1) is 0 Å². The number of likely N-dealkylation sites (tertiary alicyclic amines) is 1. The van der Waals surface area contributed by atoms with Crippen molar-refractivity contribution in [2.45, 2.75) is 51.7 Å². The standard InChI is InChI=1S/C18H26BrFN2O2/c1-3-4-9-22-10-7-15(8-11-22)21-18(23)13(2)24-17-6-5-14(19)12-16(17)20/h5-6,12-13,15H,3-4,7-11H2,1-2H3,(H,21,23)/t13-/m1/s1. The largest absolute Gasteiger partial charge is 0.478 e. The van der Waals surface area contributed by atoms with E-state index in [2.05, 4.69) is 33.1 Å². The predicted octanol–water partition coefficient (Wildman–Crippen LogP) is 3.74. The van der Waals surface area contributed by atoms with Gasteiger partial charge in [0.25, 0.3) is 5.91 Å². The highest BCUT2D eigenvalue weighted by molar-refractivity contribution is 9.10. The lowest BCUT2D eigenvalue weighted by Gasteiger charge is -2.32. The molecule has 4 nitrogen and oxygen atoms in total. The molecule has 1 aliphatic heterocycles. The fourth-order valence-electron chi connectivity index (χ4n) is 2.82. The van der Waals surface area contributed by atoms with Gasteiger partial charge < -0.3 is 15.0 Å². The van der Waals surface area contributed by atoms with Crippen molar-refractivity contribution in [1.29, 1.82) is 0 Å². The van der Waals surface area contributed by atoms with E-state index in [-0.39, 0.29) is 17.7 Å². The van der Waals surface area contributed by atoms with Gasteiger partial charge in [-0.3, -0.25) is 4.79 Å². The summed E-state index contributed by atoms with van der Waals surface area (Å²) in [6.45, 7) is 7.01. The van der Waals surface area contributed by atoms with Gasteiger partial charge in [0.15, 0.2) is 17.7 Å².